The van der Waals surface area contributed by atoms with E-state index in [1.54, 1.807) is 0 Å². The molecule has 4 heteroatoms. The summed E-state index contributed by atoms with van der Waals surface area (Å²) in [5.74, 6) is -0.129. The topological polar surface area (TPSA) is 58.4 Å². The van der Waals surface area contributed by atoms with Gasteiger partial charge in [-0.05, 0) is 38.9 Å². The van der Waals surface area contributed by atoms with Gasteiger partial charge in [0.15, 0.2) is 0 Å². The molecule has 2 unspecified atom stereocenters. The van der Waals surface area contributed by atoms with Gasteiger partial charge in [0.25, 0.3) is 0 Å². The van der Waals surface area contributed by atoms with Crippen LogP contribution in [0.3, 0.4) is 0 Å². The van der Waals surface area contributed by atoms with Crippen LogP contribution in [0, 0.1) is 5.92 Å². The van der Waals surface area contributed by atoms with Crippen molar-refractivity contribution in [1.82, 2.24) is 10.2 Å². The zero-order chi connectivity index (χ0) is 9.97. The summed E-state index contributed by atoms with van der Waals surface area (Å²) in [7, 11) is 0. The Morgan fingerprint density at radius 1 is 1.36 bits per heavy atom. The normalized spacial score (nSPS) is 34.6. The minimum atomic E-state index is -0.144. The van der Waals surface area contributed by atoms with Gasteiger partial charge in [-0.25, -0.2) is 0 Å². The van der Waals surface area contributed by atoms with E-state index in [-0.39, 0.29) is 11.8 Å². The summed E-state index contributed by atoms with van der Waals surface area (Å²) in [6.07, 6.45) is 3.61. The Balaban J connectivity index is 2.01. The lowest BCUT2D eigenvalue weighted by Gasteiger charge is -2.36. The van der Waals surface area contributed by atoms with Gasteiger partial charge in [0.05, 0.1) is 5.92 Å². The van der Waals surface area contributed by atoms with Crippen LogP contribution in [0.15, 0.2) is 0 Å². The zero-order valence-corrected chi connectivity index (χ0v) is 8.54. The van der Waals surface area contributed by atoms with Crippen molar-refractivity contribution >= 4 is 5.91 Å². The van der Waals surface area contributed by atoms with Crippen molar-refractivity contribution in [2.75, 3.05) is 26.2 Å². The molecule has 0 saturated carbocycles. The van der Waals surface area contributed by atoms with Gasteiger partial charge in [-0.2, -0.15) is 0 Å². The van der Waals surface area contributed by atoms with E-state index in [1.807, 2.05) is 0 Å². The quantitative estimate of drug-likeness (QED) is 0.630. The monoisotopic (exact) mass is 197 g/mol. The molecule has 2 rings (SSSR count). The summed E-state index contributed by atoms with van der Waals surface area (Å²) < 4.78 is 0. The Kier molecular flexibility index (Phi) is 3.03. The van der Waals surface area contributed by atoms with Crippen LogP contribution in [0.4, 0.5) is 0 Å². The van der Waals surface area contributed by atoms with Crippen LogP contribution >= 0.6 is 0 Å². The summed E-state index contributed by atoms with van der Waals surface area (Å²) in [4.78, 5) is 13.7. The predicted octanol–water partition coefficient (Wildman–Crippen LogP) is -0.454. The number of nitrogens with one attached hydrogen (secondary N) is 1. The molecule has 4 nitrogen and oxygen atoms in total. The lowest BCUT2D eigenvalue weighted by Crippen LogP contribution is -2.53. The molecular formula is C10H19N3O. The maximum atomic E-state index is 11.3. The first-order valence-electron chi connectivity index (χ1n) is 5.53. The lowest BCUT2D eigenvalue weighted by molar-refractivity contribution is -0.124. The molecule has 0 aliphatic carbocycles. The summed E-state index contributed by atoms with van der Waals surface area (Å²) in [5.41, 5.74) is 5.42. The minimum Gasteiger partial charge on any atom is -0.369 e. The van der Waals surface area contributed by atoms with Crippen molar-refractivity contribution in [3.8, 4) is 0 Å². The molecule has 2 aliphatic rings. The number of amides is 1. The molecule has 0 radical (unpaired) electrons. The highest BCUT2D eigenvalue weighted by atomic mass is 16.1. The second-order valence-corrected chi connectivity index (χ2v) is 4.31. The van der Waals surface area contributed by atoms with Crippen LogP contribution in [0.25, 0.3) is 0 Å². The highest BCUT2D eigenvalue weighted by Crippen LogP contribution is 2.22. The van der Waals surface area contributed by atoms with Crippen molar-refractivity contribution in [3.05, 3.63) is 0 Å². The van der Waals surface area contributed by atoms with Crippen molar-refractivity contribution in [1.29, 1.82) is 0 Å². The third-order valence-electron chi connectivity index (χ3n) is 3.42. The molecule has 14 heavy (non-hydrogen) atoms. The van der Waals surface area contributed by atoms with Crippen LogP contribution in [-0.2, 0) is 4.79 Å². The summed E-state index contributed by atoms with van der Waals surface area (Å²) >= 11 is 0. The molecule has 0 aromatic heterocycles. The Labute approximate surface area is 84.8 Å². The summed E-state index contributed by atoms with van der Waals surface area (Å²) in [6.45, 7) is 4.07. The third-order valence-corrected chi connectivity index (χ3v) is 3.42. The van der Waals surface area contributed by atoms with Crippen LogP contribution in [0.5, 0.6) is 0 Å². The molecule has 0 bridgehead atoms. The number of likely N-dealkylation sites (tertiary alicyclic amines) is 1. The third kappa shape index (κ3) is 1.91. The fraction of sp³-hybridized carbons (Fsp3) is 0.900. The highest BCUT2D eigenvalue weighted by Gasteiger charge is 2.34. The Morgan fingerprint density at radius 2 is 2.07 bits per heavy atom. The molecule has 80 valence electrons. The molecule has 2 saturated heterocycles. The van der Waals surface area contributed by atoms with Crippen molar-refractivity contribution in [3.63, 3.8) is 0 Å². The molecular weight excluding hydrogens is 178 g/mol. The van der Waals surface area contributed by atoms with Gasteiger partial charge < -0.3 is 11.1 Å². The Hall–Kier alpha value is -0.610. The maximum absolute atomic E-state index is 11.3. The maximum Gasteiger partial charge on any atom is 0.223 e. The fourth-order valence-corrected chi connectivity index (χ4v) is 2.65. The van der Waals surface area contributed by atoms with E-state index in [1.165, 1.54) is 12.8 Å². The zero-order valence-electron chi connectivity index (χ0n) is 8.54. The molecule has 0 spiro atoms. The summed E-state index contributed by atoms with van der Waals surface area (Å²) in [5, 5.41) is 3.24. The number of rotatable bonds is 2. The first kappa shape index (κ1) is 9.93. The van der Waals surface area contributed by atoms with E-state index in [0.717, 1.165) is 32.6 Å². The van der Waals surface area contributed by atoms with Gasteiger partial charge in [0.2, 0.25) is 5.91 Å². The average Bonchev–Trinajstić information content (AvgIpc) is 2.70. The first-order chi connectivity index (χ1) is 6.79. The van der Waals surface area contributed by atoms with E-state index in [0.29, 0.717) is 6.04 Å². The standard InChI is InChI=1S/C10H19N3O/c11-10(14)8-7-12-4-3-9(8)13-5-1-2-6-13/h8-9,12H,1-7H2,(H2,11,14). The molecule has 2 fully saturated rings. The lowest BCUT2D eigenvalue weighted by atomic mass is 9.91. The van der Waals surface area contributed by atoms with Crippen LogP contribution in [-0.4, -0.2) is 43.0 Å². The van der Waals surface area contributed by atoms with E-state index in [2.05, 4.69) is 10.2 Å². The molecule has 2 aliphatic heterocycles. The molecule has 0 aromatic carbocycles. The Morgan fingerprint density at radius 3 is 2.71 bits per heavy atom. The second kappa shape index (κ2) is 4.28. The highest BCUT2D eigenvalue weighted by molar-refractivity contribution is 5.77. The number of piperidine rings is 1. The van der Waals surface area contributed by atoms with Crippen molar-refractivity contribution < 1.29 is 4.79 Å². The van der Waals surface area contributed by atoms with Crippen LogP contribution in [0.1, 0.15) is 19.3 Å². The first-order valence-corrected chi connectivity index (χ1v) is 5.53. The van der Waals surface area contributed by atoms with Gasteiger partial charge in [0, 0.05) is 12.6 Å². The minimum absolute atomic E-state index is 0.0156. The van der Waals surface area contributed by atoms with Crippen molar-refractivity contribution in [2.45, 2.75) is 25.3 Å². The van der Waals surface area contributed by atoms with Gasteiger partial charge in [0.1, 0.15) is 0 Å². The number of nitrogens with zero attached hydrogens (tertiary/aromatic N) is 1. The van der Waals surface area contributed by atoms with Crippen molar-refractivity contribution in [2.24, 2.45) is 11.7 Å². The fourth-order valence-electron chi connectivity index (χ4n) is 2.65. The number of nitrogens with two attached hydrogens (primary N) is 1. The van der Waals surface area contributed by atoms with Gasteiger partial charge in [-0.1, -0.05) is 0 Å². The van der Waals surface area contributed by atoms with Crippen LogP contribution in [0.2, 0.25) is 0 Å². The SMILES string of the molecule is NC(=O)C1CNCCC1N1CCCC1. The number of hydrogen-bond acceptors (Lipinski definition) is 3. The molecule has 0 aromatic rings. The van der Waals surface area contributed by atoms with E-state index in [4.69, 9.17) is 5.73 Å². The van der Waals surface area contributed by atoms with E-state index >= 15 is 0 Å². The van der Waals surface area contributed by atoms with Gasteiger partial charge in [-0.3, -0.25) is 9.69 Å². The predicted molar refractivity (Wildman–Crippen MR) is 54.8 cm³/mol. The Bertz CT molecular complexity index is 213. The molecule has 3 N–H and O–H groups in total. The summed E-state index contributed by atoms with van der Waals surface area (Å²) in [6, 6.07) is 0.399. The molecule has 2 atom stereocenters. The van der Waals surface area contributed by atoms with E-state index in [9.17, 15) is 4.79 Å². The molecule has 2 heterocycles. The smallest absolute Gasteiger partial charge is 0.223 e. The number of hydrogen-bond donors (Lipinski definition) is 2. The van der Waals surface area contributed by atoms with E-state index < -0.39 is 0 Å². The van der Waals surface area contributed by atoms with Gasteiger partial charge in [-0.15, -0.1) is 0 Å². The second-order valence-electron chi connectivity index (χ2n) is 4.31. The largest absolute Gasteiger partial charge is 0.369 e. The number of primary amides is 1. The molecule has 1 amide bonds. The number of carbonyl (C=O) groups is 1. The van der Waals surface area contributed by atoms with Crippen LogP contribution < -0.4 is 11.1 Å². The van der Waals surface area contributed by atoms with Gasteiger partial charge >= 0.3 is 0 Å². The number of carbonyl (C=O) groups excluding carboxylic acids is 1. The average molecular weight is 197 g/mol.